The number of nitro benzene ring substituents is 1. The number of hydrogen-bond donors (Lipinski definition) is 1. The Balaban J connectivity index is 1.91. The van der Waals surface area contributed by atoms with Crippen LogP contribution in [0, 0.1) is 21.4 Å². The first-order valence-corrected chi connectivity index (χ1v) is 6.62. The highest BCUT2D eigenvalue weighted by Gasteiger charge is 2.08. The van der Waals surface area contributed by atoms with Crippen molar-refractivity contribution in [2.75, 3.05) is 5.32 Å². The summed E-state index contributed by atoms with van der Waals surface area (Å²) in [5.41, 5.74) is 1.90. The van der Waals surface area contributed by atoms with Crippen molar-refractivity contribution >= 4 is 17.3 Å². The molecule has 2 aromatic rings. The summed E-state index contributed by atoms with van der Waals surface area (Å²) < 4.78 is 0. The molecule has 0 radical (unpaired) electrons. The van der Waals surface area contributed by atoms with E-state index in [0.29, 0.717) is 17.7 Å². The minimum Gasteiger partial charge on any atom is -0.326 e. The fourth-order valence-corrected chi connectivity index (χ4v) is 1.93. The number of carbonyl (C=O) groups excluding carboxylic acids is 1. The highest BCUT2D eigenvalue weighted by atomic mass is 16.6. The third-order valence-corrected chi connectivity index (χ3v) is 3.06. The van der Waals surface area contributed by atoms with E-state index in [4.69, 9.17) is 5.26 Å². The molecule has 1 N–H and O–H groups in total. The van der Waals surface area contributed by atoms with E-state index in [1.807, 2.05) is 6.07 Å². The van der Waals surface area contributed by atoms with Crippen LogP contribution >= 0.6 is 0 Å². The van der Waals surface area contributed by atoms with Crippen LogP contribution < -0.4 is 5.32 Å². The number of nitriles is 1. The first-order valence-electron chi connectivity index (χ1n) is 6.62. The van der Waals surface area contributed by atoms with Gasteiger partial charge in [-0.3, -0.25) is 14.9 Å². The smallest absolute Gasteiger partial charge is 0.269 e. The Hall–Kier alpha value is -3.20. The summed E-state index contributed by atoms with van der Waals surface area (Å²) >= 11 is 0. The summed E-state index contributed by atoms with van der Waals surface area (Å²) in [5.74, 6) is -0.184. The van der Waals surface area contributed by atoms with Crippen molar-refractivity contribution in [1.29, 1.82) is 5.26 Å². The highest BCUT2D eigenvalue weighted by molar-refractivity contribution is 5.90. The van der Waals surface area contributed by atoms with Gasteiger partial charge in [0.25, 0.3) is 5.69 Å². The number of carbonyl (C=O) groups is 1. The molecule has 0 saturated heterocycles. The SMILES string of the molecule is N#Cc1ccc(NC(=O)CCc2cccc([N+](=O)[O-])c2)cc1. The van der Waals surface area contributed by atoms with Crippen molar-refractivity contribution in [3.8, 4) is 6.07 Å². The Morgan fingerprint density at radius 3 is 2.59 bits per heavy atom. The van der Waals surface area contributed by atoms with Crippen molar-refractivity contribution in [3.63, 3.8) is 0 Å². The summed E-state index contributed by atoms with van der Waals surface area (Å²) in [5, 5.41) is 22.1. The van der Waals surface area contributed by atoms with Gasteiger partial charge in [-0.2, -0.15) is 5.26 Å². The lowest BCUT2D eigenvalue weighted by Gasteiger charge is -2.05. The molecule has 0 bridgehead atoms. The van der Waals surface area contributed by atoms with Crippen LogP contribution in [0.2, 0.25) is 0 Å². The van der Waals surface area contributed by atoms with Gasteiger partial charge in [0.1, 0.15) is 0 Å². The molecule has 0 spiro atoms. The van der Waals surface area contributed by atoms with Crippen LogP contribution in [0.3, 0.4) is 0 Å². The maximum absolute atomic E-state index is 11.8. The molecule has 2 rings (SSSR count). The van der Waals surface area contributed by atoms with Gasteiger partial charge in [-0.05, 0) is 36.2 Å². The fraction of sp³-hybridized carbons (Fsp3) is 0.125. The molecule has 0 atom stereocenters. The predicted octanol–water partition coefficient (Wildman–Crippen LogP) is 3.04. The Labute approximate surface area is 127 Å². The Morgan fingerprint density at radius 1 is 1.23 bits per heavy atom. The first kappa shape index (κ1) is 15.2. The monoisotopic (exact) mass is 295 g/mol. The molecule has 0 saturated carbocycles. The zero-order chi connectivity index (χ0) is 15.9. The first-order chi connectivity index (χ1) is 10.6. The van der Waals surface area contributed by atoms with E-state index in [1.54, 1.807) is 36.4 Å². The maximum atomic E-state index is 11.8. The molecular weight excluding hydrogens is 282 g/mol. The normalized spacial score (nSPS) is 9.77. The zero-order valence-electron chi connectivity index (χ0n) is 11.7. The summed E-state index contributed by atoms with van der Waals surface area (Å²) in [6, 6.07) is 14.8. The summed E-state index contributed by atoms with van der Waals surface area (Å²) in [6.45, 7) is 0. The largest absolute Gasteiger partial charge is 0.326 e. The Morgan fingerprint density at radius 2 is 1.95 bits per heavy atom. The summed E-state index contributed by atoms with van der Waals surface area (Å²) in [6.07, 6.45) is 0.644. The highest BCUT2D eigenvalue weighted by Crippen LogP contribution is 2.15. The summed E-state index contributed by atoms with van der Waals surface area (Å²) in [7, 11) is 0. The van der Waals surface area contributed by atoms with Gasteiger partial charge in [0, 0.05) is 24.2 Å². The average Bonchev–Trinajstić information content (AvgIpc) is 2.54. The van der Waals surface area contributed by atoms with Gasteiger partial charge in [-0.15, -0.1) is 0 Å². The molecule has 6 nitrogen and oxygen atoms in total. The number of nitro groups is 1. The summed E-state index contributed by atoms with van der Waals surface area (Å²) in [4.78, 5) is 22.1. The van der Waals surface area contributed by atoms with Gasteiger partial charge in [-0.1, -0.05) is 12.1 Å². The molecule has 6 heteroatoms. The van der Waals surface area contributed by atoms with E-state index in [1.165, 1.54) is 12.1 Å². The topological polar surface area (TPSA) is 96.0 Å². The minimum atomic E-state index is -0.458. The van der Waals surface area contributed by atoms with Gasteiger partial charge in [0.05, 0.1) is 16.6 Å². The number of hydrogen-bond acceptors (Lipinski definition) is 4. The van der Waals surface area contributed by atoms with Crippen molar-refractivity contribution in [2.45, 2.75) is 12.8 Å². The van der Waals surface area contributed by atoms with Crippen LogP contribution in [0.5, 0.6) is 0 Å². The average molecular weight is 295 g/mol. The molecule has 22 heavy (non-hydrogen) atoms. The van der Waals surface area contributed by atoms with Crippen LogP contribution in [0.1, 0.15) is 17.5 Å². The number of benzene rings is 2. The lowest BCUT2D eigenvalue weighted by atomic mass is 10.1. The van der Waals surface area contributed by atoms with E-state index in [-0.39, 0.29) is 18.0 Å². The molecule has 110 valence electrons. The molecule has 1 amide bonds. The van der Waals surface area contributed by atoms with E-state index in [0.717, 1.165) is 5.56 Å². The number of rotatable bonds is 5. The van der Waals surface area contributed by atoms with Crippen LogP contribution in [-0.4, -0.2) is 10.8 Å². The number of anilines is 1. The standard InChI is InChI=1S/C16H13N3O3/c17-11-13-4-7-14(8-5-13)18-16(20)9-6-12-2-1-3-15(10-12)19(21)22/h1-5,7-8,10H,6,9H2,(H,18,20). The van der Waals surface area contributed by atoms with Crippen LogP contribution in [-0.2, 0) is 11.2 Å². The second-order valence-electron chi connectivity index (χ2n) is 4.66. The molecule has 0 fully saturated rings. The van der Waals surface area contributed by atoms with Gasteiger partial charge in [-0.25, -0.2) is 0 Å². The maximum Gasteiger partial charge on any atom is 0.269 e. The van der Waals surface area contributed by atoms with E-state index in [2.05, 4.69) is 5.32 Å². The van der Waals surface area contributed by atoms with E-state index >= 15 is 0 Å². The van der Waals surface area contributed by atoms with Crippen molar-refractivity contribution < 1.29 is 9.72 Å². The number of aryl methyl sites for hydroxylation is 1. The van der Waals surface area contributed by atoms with E-state index in [9.17, 15) is 14.9 Å². The molecule has 0 aromatic heterocycles. The van der Waals surface area contributed by atoms with Crippen LogP contribution in [0.25, 0.3) is 0 Å². The number of amides is 1. The van der Waals surface area contributed by atoms with Crippen LogP contribution in [0.4, 0.5) is 11.4 Å². The second kappa shape index (κ2) is 6.99. The van der Waals surface area contributed by atoms with Crippen molar-refractivity contribution in [3.05, 3.63) is 69.8 Å². The number of non-ortho nitro benzene ring substituents is 1. The van der Waals surface area contributed by atoms with Gasteiger partial charge >= 0.3 is 0 Å². The quantitative estimate of drug-likeness (QED) is 0.677. The fourth-order valence-electron chi connectivity index (χ4n) is 1.93. The molecular formula is C16H13N3O3. The van der Waals surface area contributed by atoms with Crippen molar-refractivity contribution in [1.82, 2.24) is 0 Å². The van der Waals surface area contributed by atoms with Gasteiger partial charge in [0.2, 0.25) is 5.91 Å². The predicted molar refractivity (Wildman–Crippen MR) is 81.2 cm³/mol. The third-order valence-electron chi connectivity index (χ3n) is 3.06. The molecule has 2 aromatic carbocycles. The molecule has 0 unspecified atom stereocenters. The van der Waals surface area contributed by atoms with E-state index < -0.39 is 4.92 Å². The van der Waals surface area contributed by atoms with Crippen LogP contribution in [0.15, 0.2) is 48.5 Å². The number of nitrogens with zero attached hydrogens (tertiary/aromatic N) is 2. The minimum absolute atomic E-state index is 0.0185. The lowest BCUT2D eigenvalue weighted by Crippen LogP contribution is -2.12. The Bertz CT molecular complexity index is 733. The molecule has 0 aliphatic rings. The van der Waals surface area contributed by atoms with Gasteiger partial charge in [0.15, 0.2) is 0 Å². The second-order valence-corrected chi connectivity index (χ2v) is 4.66. The van der Waals surface area contributed by atoms with Gasteiger partial charge < -0.3 is 5.32 Å². The molecule has 0 aliphatic carbocycles. The zero-order valence-corrected chi connectivity index (χ0v) is 11.7. The number of nitrogens with one attached hydrogen (secondary N) is 1. The third kappa shape index (κ3) is 4.15. The lowest BCUT2D eigenvalue weighted by molar-refractivity contribution is -0.384. The molecule has 0 heterocycles. The van der Waals surface area contributed by atoms with Crippen molar-refractivity contribution in [2.24, 2.45) is 0 Å². The molecule has 0 aliphatic heterocycles. The Kier molecular flexibility index (Phi) is 4.83.